The van der Waals surface area contributed by atoms with E-state index >= 15 is 0 Å². The van der Waals surface area contributed by atoms with Crippen molar-refractivity contribution >= 4 is 5.97 Å². The van der Waals surface area contributed by atoms with Crippen LogP contribution in [0.3, 0.4) is 0 Å². The molecule has 0 aromatic heterocycles. The summed E-state index contributed by atoms with van der Waals surface area (Å²) < 4.78 is 5.59. The van der Waals surface area contributed by atoms with Gasteiger partial charge in [0.1, 0.15) is 6.10 Å². The smallest absolute Gasteiger partial charge is 0.330 e. The molecule has 2 aliphatic carbocycles. The van der Waals surface area contributed by atoms with Crippen LogP contribution >= 0.6 is 0 Å². The fraction of sp³-hybridized carbons (Fsp3) is 0.870. The molecular formula is C23H40O2. The van der Waals surface area contributed by atoms with Crippen LogP contribution in [0, 0.1) is 17.8 Å². The van der Waals surface area contributed by atoms with E-state index in [1.54, 1.807) is 6.08 Å². The summed E-state index contributed by atoms with van der Waals surface area (Å²) in [6, 6.07) is 0. The number of rotatable bonds is 9. The minimum Gasteiger partial charge on any atom is -0.459 e. The second-order valence-corrected chi connectivity index (χ2v) is 8.52. The van der Waals surface area contributed by atoms with E-state index in [0.29, 0.717) is 0 Å². The molecule has 0 unspecified atom stereocenters. The fourth-order valence-electron chi connectivity index (χ4n) is 4.78. The van der Waals surface area contributed by atoms with E-state index in [1.807, 2.05) is 6.08 Å². The van der Waals surface area contributed by atoms with Gasteiger partial charge in [0, 0.05) is 6.08 Å². The number of unbranched alkanes of at least 4 members (excludes halogenated alkanes) is 1. The lowest BCUT2D eigenvalue weighted by molar-refractivity contribution is -0.144. The minimum absolute atomic E-state index is 0.138. The highest BCUT2D eigenvalue weighted by atomic mass is 16.5. The molecular weight excluding hydrogens is 308 g/mol. The molecule has 0 atom stereocenters. The summed E-state index contributed by atoms with van der Waals surface area (Å²) in [6.07, 6.45) is 22.0. The molecule has 2 aliphatic rings. The Kier molecular flexibility index (Phi) is 9.65. The maximum atomic E-state index is 11.8. The molecule has 0 N–H and O–H groups in total. The minimum atomic E-state index is -0.138. The first-order valence-corrected chi connectivity index (χ1v) is 11.1. The van der Waals surface area contributed by atoms with Crippen LogP contribution in [0.4, 0.5) is 0 Å². The van der Waals surface area contributed by atoms with Crippen LogP contribution < -0.4 is 0 Å². The van der Waals surface area contributed by atoms with Gasteiger partial charge < -0.3 is 4.74 Å². The molecule has 25 heavy (non-hydrogen) atoms. The van der Waals surface area contributed by atoms with E-state index in [9.17, 15) is 4.79 Å². The van der Waals surface area contributed by atoms with Crippen molar-refractivity contribution in [2.75, 3.05) is 0 Å². The van der Waals surface area contributed by atoms with Gasteiger partial charge in [-0.2, -0.15) is 0 Å². The summed E-state index contributed by atoms with van der Waals surface area (Å²) >= 11 is 0. The Labute approximate surface area is 155 Å². The monoisotopic (exact) mass is 348 g/mol. The van der Waals surface area contributed by atoms with Crippen molar-refractivity contribution in [3.05, 3.63) is 12.2 Å². The quantitative estimate of drug-likeness (QED) is 0.337. The number of carbonyl (C=O) groups excluding carboxylic acids is 1. The zero-order valence-corrected chi connectivity index (χ0v) is 16.7. The topological polar surface area (TPSA) is 26.3 Å². The van der Waals surface area contributed by atoms with E-state index in [2.05, 4.69) is 13.8 Å². The van der Waals surface area contributed by atoms with Crippen molar-refractivity contribution in [3.8, 4) is 0 Å². The third-order valence-corrected chi connectivity index (χ3v) is 6.43. The third kappa shape index (κ3) is 7.96. The van der Waals surface area contributed by atoms with E-state index in [4.69, 9.17) is 4.74 Å². The number of carbonyl (C=O) groups is 1. The SMILES string of the molecule is CCC/C=C/C(=O)OC1CCC(CCC2CCC(CCC)CC2)CC1. The van der Waals surface area contributed by atoms with Gasteiger partial charge in [-0.15, -0.1) is 0 Å². The fourth-order valence-corrected chi connectivity index (χ4v) is 4.78. The van der Waals surface area contributed by atoms with Gasteiger partial charge >= 0.3 is 5.97 Å². The van der Waals surface area contributed by atoms with Gasteiger partial charge in [0.05, 0.1) is 0 Å². The molecule has 0 amide bonds. The Hall–Kier alpha value is -0.790. The first kappa shape index (κ1) is 20.5. The lowest BCUT2D eigenvalue weighted by atomic mass is 9.76. The lowest BCUT2D eigenvalue weighted by Gasteiger charge is -2.31. The molecule has 0 aromatic carbocycles. The van der Waals surface area contributed by atoms with E-state index in [-0.39, 0.29) is 12.1 Å². The van der Waals surface area contributed by atoms with Crippen molar-refractivity contribution in [3.63, 3.8) is 0 Å². The molecule has 2 nitrogen and oxygen atoms in total. The first-order valence-electron chi connectivity index (χ1n) is 11.1. The Bertz CT molecular complexity index is 385. The van der Waals surface area contributed by atoms with Crippen LogP contribution in [-0.4, -0.2) is 12.1 Å². The van der Waals surface area contributed by atoms with E-state index < -0.39 is 0 Å². The van der Waals surface area contributed by atoms with Gasteiger partial charge in [-0.1, -0.05) is 77.7 Å². The number of ether oxygens (including phenoxy) is 1. The Morgan fingerprint density at radius 3 is 1.84 bits per heavy atom. The highest BCUT2D eigenvalue weighted by Crippen LogP contribution is 2.36. The molecule has 2 heteroatoms. The summed E-state index contributed by atoms with van der Waals surface area (Å²) in [5, 5.41) is 0. The third-order valence-electron chi connectivity index (χ3n) is 6.43. The molecule has 2 saturated carbocycles. The maximum Gasteiger partial charge on any atom is 0.330 e. The molecule has 0 aliphatic heterocycles. The zero-order valence-electron chi connectivity index (χ0n) is 16.7. The summed E-state index contributed by atoms with van der Waals surface area (Å²) in [6.45, 7) is 4.44. The van der Waals surface area contributed by atoms with Crippen molar-refractivity contribution in [2.24, 2.45) is 17.8 Å². The van der Waals surface area contributed by atoms with Gasteiger partial charge in [-0.25, -0.2) is 4.79 Å². The maximum absolute atomic E-state index is 11.8. The normalized spacial score (nSPS) is 30.5. The van der Waals surface area contributed by atoms with Gasteiger partial charge in [0.2, 0.25) is 0 Å². The lowest BCUT2D eigenvalue weighted by Crippen LogP contribution is -2.24. The zero-order chi connectivity index (χ0) is 17.9. The Morgan fingerprint density at radius 2 is 1.32 bits per heavy atom. The average molecular weight is 349 g/mol. The summed E-state index contributed by atoms with van der Waals surface area (Å²) in [5.41, 5.74) is 0. The van der Waals surface area contributed by atoms with E-state index in [0.717, 1.165) is 43.4 Å². The number of hydrogen-bond acceptors (Lipinski definition) is 2. The molecule has 2 fully saturated rings. The number of hydrogen-bond donors (Lipinski definition) is 0. The van der Waals surface area contributed by atoms with Crippen LogP contribution in [0.5, 0.6) is 0 Å². The van der Waals surface area contributed by atoms with Crippen molar-refractivity contribution in [1.82, 2.24) is 0 Å². The van der Waals surface area contributed by atoms with Crippen molar-refractivity contribution < 1.29 is 9.53 Å². The molecule has 144 valence electrons. The van der Waals surface area contributed by atoms with Crippen molar-refractivity contribution in [1.29, 1.82) is 0 Å². The molecule has 2 rings (SSSR count). The molecule has 0 radical (unpaired) electrons. The van der Waals surface area contributed by atoms with Crippen molar-refractivity contribution in [2.45, 2.75) is 110 Å². The van der Waals surface area contributed by atoms with Gasteiger partial charge in [-0.05, 0) is 49.9 Å². The standard InChI is InChI=1S/C23H40O2/c1-3-5-6-8-23(24)25-22-17-15-21(16-18-22)14-13-20-11-9-19(7-4-2)10-12-20/h6,8,19-22H,3-5,7,9-18H2,1-2H3/b8-6+. The first-order chi connectivity index (χ1) is 12.2. The predicted molar refractivity (Wildman–Crippen MR) is 105 cm³/mol. The van der Waals surface area contributed by atoms with Crippen LogP contribution in [0.2, 0.25) is 0 Å². The summed E-state index contributed by atoms with van der Waals surface area (Å²) in [5.74, 6) is 2.75. The second-order valence-electron chi connectivity index (χ2n) is 8.52. The van der Waals surface area contributed by atoms with Crippen LogP contribution in [0.25, 0.3) is 0 Å². The van der Waals surface area contributed by atoms with Crippen LogP contribution in [-0.2, 0) is 9.53 Å². The highest BCUT2D eigenvalue weighted by molar-refractivity contribution is 5.82. The predicted octanol–water partition coefficient (Wildman–Crippen LogP) is 6.83. The second kappa shape index (κ2) is 11.8. The molecule has 0 bridgehead atoms. The number of allylic oxidation sites excluding steroid dienone is 1. The Balaban J connectivity index is 1.56. The van der Waals surface area contributed by atoms with E-state index in [1.165, 1.54) is 64.2 Å². The molecule has 0 spiro atoms. The molecule has 0 heterocycles. The highest BCUT2D eigenvalue weighted by Gasteiger charge is 2.25. The van der Waals surface area contributed by atoms with Crippen LogP contribution in [0.15, 0.2) is 12.2 Å². The average Bonchev–Trinajstić information content (AvgIpc) is 2.63. The summed E-state index contributed by atoms with van der Waals surface area (Å²) in [4.78, 5) is 11.8. The molecule has 0 saturated heterocycles. The molecule has 0 aromatic rings. The van der Waals surface area contributed by atoms with Gasteiger partial charge in [0.15, 0.2) is 0 Å². The van der Waals surface area contributed by atoms with Gasteiger partial charge in [-0.3, -0.25) is 0 Å². The van der Waals surface area contributed by atoms with Crippen LogP contribution in [0.1, 0.15) is 104 Å². The number of esters is 1. The van der Waals surface area contributed by atoms with Gasteiger partial charge in [0.25, 0.3) is 0 Å². The summed E-state index contributed by atoms with van der Waals surface area (Å²) in [7, 11) is 0. The Morgan fingerprint density at radius 1 is 0.800 bits per heavy atom. The largest absolute Gasteiger partial charge is 0.459 e.